The second-order valence-electron chi connectivity index (χ2n) is 5.88. The van der Waals surface area contributed by atoms with Crippen LogP contribution in [0.15, 0.2) is 4.99 Å². The SMILES string of the molecule is CCCCNC(=NCC(C)(C)CN(C)C)NCC. The largest absolute Gasteiger partial charge is 0.357 e. The predicted molar refractivity (Wildman–Crippen MR) is 81.2 cm³/mol. The van der Waals surface area contributed by atoms with Gasteiger partial charge in [0.25, 0.3) is 0 Å². The summed E-state index contributed by atoms with van der Waals surface area (Å²) in [6.07, 6.45) is 2.39. The van der Waals surface area contributed by atoms with Crippen molar-refractivity contribution in [2.45, 2.75) is 40.5 Å². The van der Waals surface area contributed by atoms with Gasteiger partial charge in [-0.3, -0.25) is 4.99 Å². The van der Waals surface area contributed by atoms with E-state index in [0.29, 0.717) is 0 Å². The lowest BCUT2D eigenvalue weighted by Gasteiger charge is -2.26. The number of unbranched alkanes of at least 4 members (excludes halogenated alkanes) is 1. The van der Waals surface area contributed by atoms with Gasteiger partial charge in [-0.2, -0.15) is 0 Å². The molecule has 0 aliphatic heterocycles. The summed E-state index contributed by atoms with van der Waals surface area (Å²) in [5, 5.41) is 6.67. The molecule has 0 fully saturated rings. The number of hydrogen-bond donors (Lipinski definition) is 2. The molecule has 18 heavy (non-hydrogen) atoms. The third-order valence-electron chi connectivity index (χ3n) is 2.58. The molecule has 0 aliphatic rings. The van der Waals surface area contributed by atoms with Crippen LogP contribution in [0.2, 0.25) is 0 Å². The van der Waals surface area contributed by atoms with Crippen molar-refractivity contribution >= 4 is 5.96 Å². The van der Waals surface area contributed by atoms with Crippen LogP contribution in [0.5, 0.6) is 0 Å². The fraction of sp³-hybridized carbons (Fsp3) is 0.929. The lowest BCUT2D eigenvalue weighted by atomic mass is 9.93. The van der Waals surface area contributed by atoms with Crippen molar-refractivity contribution in [3.05, 3.63) is 0 Å². The Balaban J connectivity index is 4.27. The highest BCUT2D eigenvalue weighted by Gasteiger charge is 2.18. The van der Waals surface area contributed by atoms with Crippen LogP contribution in [0.3, 0.4) is 0 Å². The molecule has 0 aliphatic carbocycles. The molecule has 0 heterocycles. The molecule has 0 atom stereocenters. The van der Waals surface area contributed by atoms with E-state index in [2.05, 4.69) is 62.3 Å². The van der Waals surface area contributed by atoms with E-state index < -0.39 is 0 Å². The zero-order valence-electron chi connectivity index (χ0n) is 13.1. The molecule has 0 unspecified atom stereocenters. The van der Waals surface area contributed by atoms with Gasteiger partial charge in [0, 0.05) is 26.2 Å². The first-order chi connectivity index (χ1) is 8.41. The number of guanidine groups is 1. The van der Waals surface area contributed by atoms with E-state index in [4.69, 9.17) is 0 Å². The molecule has 4 nitrogen and oxygen atoms in total. The van der Waals surface area contributed by atoms with Crippen LogP contribution < -0.4 is 10.6 Å². The summed E-state index contributed by atoms with van der Waals surface area (Å²) in [4.78, 5) is 6.89. The molecular formula is C14H32N4. The number of nitrogens with one attached hydrogen (secondary N) is 2. The zero-order chi connectivity index (χ0) is 14.0. The smallest absolute Gasteiger partial charge is 0.191 e. The minimum Gasteiger partial charge on any atom is -0.357 e. The molecule has 0 bridgehead atoms. The van der Waals surface area contributed by atoms with Gasteiger partial charge in [0.05, 0.1) is 0 Å². The van der Waals surface area contributed by atoms with Gasteiger partial charge in [-0.1, -0.05) is 27.2 Å². The molecule has 108 valence electrons. The summed E-state index contributed by atoms with van der Waals surface area (Å²) >= 11 is 0. The van der Waals surface area contributed by atoms with Crippen molar-refractivity contribution in [3.63, 3.8) is 0 Å². The Labute approximate surface area is 113 Å². The van der Waals surface area contributed by atoms with Crippen LogP contribution in [-0.2, 0) is 0 Å². The van der Waals surface area contributed by atoms with Gasteiger partial charge < -0.3 is 15.5 Å². The minimum absolute atomic E-state index is 0.205. The van der Waals surface area contributed by atoms with Gasteiger partial charge in [-0.15, -0.1) is 0 Å². The van der Waals surface area contributed by atoms with Crippen molar-refractivity contribution in [1.82, 2.24) is 15.5 Å². The average Bonchev–Trinajstić information content (AvgIpc) is 2.24. The first-order valence-electron chi connectivity index (χ1n) is 7.08. The topological polar surface area (TPSA) is 39.7 Å². The number of rotatable bonds is 8. The van der Waals surface area contributed by atoms with Gasteiger partial charge in [-0.25, -0.2) is 0 Å². The molecule has 0 aromatic rings. The molecule has 0 amide bonds. The monoisotopic (exact) mass is 256 g/mol. The van der Waals surface area contributed by atoms with E-state index in [1.807, 2.05) is 0 Å². The summed E-state index contributed by atoms with van der Waals surface area (Å²) in [7, 11) is 4.21. The number of aliphatic imine (C=N–C) groups is 1. The third-order valence-corrected chi connectivity index (χ3v) is 2.58. The molecule has 0 aromatic carbocycles. The lowest BCUT2D eigenvalue weighted by molar-refractivity contribution is 0.248. The second-order valence-corrected chi connectivity index (χ2v) is 5.88. The van der Waals surface area contributed by atoms with E-state index in [1.54, 1.807) is 0 Å². The van der Waals surface area contributed by atoms with Crippen LogP contribution in [0, 0.1) is 5.41 Å². The van der Waals surface area contributed by atoms with Crippen molar-refractivity contribution < 1.29 is 0 Å². The minimum atomic E-state index is 0.205. The lowest BCUT2D eigenvalue weighted by Crippen LogP contribution is -2.39. The van der Waals surface area contributed by atoms with Crippen molar-refractivity contribution in [2.24, 2.45) is 10.4 Å². The third kappa shape index (κ3) is 9.28. The van der Waals surface area contributed by atoms with E-state index in [-0.39, 0.29) is 5.41 Å². The van der Waals surface area contributed by atoms with Crippen molar-refractivity contribution in [2.75, 3.05) is 40.3 Å². The summed E-state index contributed by atoms with van der Waals surface area (Å²) < 4.78 is 0. The van der Waals surface area contributed by atoms with Gasteiger partial charge in [0.15, 0.2) is 5.96 Å². The van der Waals surface area contributed by atoms with Crippen LogP contribution in [-0.4, -0.2) is 51.1 Å². The quantitative estimate of drug-likeness (QED) is 0.396. The molecule has 0 rings (SSSR count). The molecule has 0 spiro atoms. The van der Waals surface area contributed by atoms with Gasteiger partial charge in [0.2, 0.25) is 0 Å². The normalized spacial score (nSPS) is 12.9. The van der Waals surface area contributed by atoms with Crippen LogP contribution in [0.25, 0.3) is 0 Å². The van der Waals surface area contributed by atoms with Crippen LogP contribution >= 0.6 is 0 Å². The highest BCUT2D eigenvalue weighted by atomic mass is 15.2. The maximum Gasteiger partial charge on any atom is 0.191 e. The fourth-order valence-electron chi connectivity index (χ4n) is 1.92. The van der Waals surface area contributed by atoms with E-state index >= 15 is 0 Å². The van der Waals surface area contributed by atoms with E-state index in [0.717, 1.165) is 32.1 Å². The molecular weight excluding hydrogens is 224 g/mol. The highest BCUT2D eigenvalue weighted by Crippen LogP contribution is 2.15. The Kier molecular flexibility index (Phi) is 8.81. The molecule has 0 aromatic heterocycles. The Morgan fingerprint density at radius 1 is 1.17 bits per heavy atom. The zero-order valence-corrected chi connectivity index (χ0v) is 13.1. The van der Waals surface area contributed by atoms with Gasteiger partial charge >= 0.3 is 0 Å². The summed E-state index contributed by atoms with van der Waals surface area (Å²) in [5.41, 5.74) is 0.205. The Morgan fingerprint density at radius 2 is 1.83 bits per heavy atom. The molecule has 2 N–H and O–H groups in total. The first kappa shape index (κ1) is 17.2. The average molecular weight is 256 g/mol. The van der Waals surface area contributed by atoms with Crippen LogP contribution in [0.4, 0.5) is 0 Å². The molecule has 0 saturated carbocycles. The summed E-state index contributed by atoms with van der Waals surface area (Å²) in [6, 6.07) is 0. The van der Waals surface area contributed by atoms with Crippen molar-refractivity contribution in [1.29, 1.82) is 0 Å². The molecule has 0 radical (unpaired) electrons. The Hall–Kier alpha value is -0.770. The standard InChI is InChI=1S/C14H32N4/c1-7-9-10-16-13(15-8-2)17-11-14(3,4)12-18(5)6/h7-12H2,1-6H3,(H2,15,16,17). The van der Waals surface area contributed by atoms with Crippen molar-refractivity contribution in [3.8, 4) is 0 Å². The molecule has 0 saturated heterocycles. The first-order valence-corrected chi connectivity index (χ1v) is 7.08. The van der Waals surface area contributed by atoms with Gasteiger partial charge in [0.1, 0.15) is 0 Å². The predicted octanol–water partition coefficient (Wildman–Crippen LogP) is 1.93. The Bertz CT molecular complexity index is 234. The maximum atomic E-state index is 4.68. The summed E-state index contributed by atoms with van der Waals surface area (Å²) in [6.45, 7) is 12.6. The number of hydrogen-bond acceptors (Lipinski definition) is 2. The highest BCUT2D eigenvalue weighted by molar-refractivity contribution is 5.79. The maximum absolute atomic E-state index is 4.68. The van der Waals surface area contributed by atoms with E-state index in [9.17, 15) is 0 Å². The number of nitrogens with zero attached hydrogens (tertiary/aromatic N) is 2. The molecule has 4 heteroatoms. The van der Waals surface area contributed by atoms with Crippen LogP contribution in [0.1, 0.15) is 40.5 Å². The summed E-state index contributed by atoms with van der Waals surface area (Å²) in [5.74, 6) is 0.942. The second kappa shape index (κ2) is 9.20. The van der Waals surface area contributed by atoms with E-state index in [1.165, 1.54) is 12.8 Å². The van der Waals surface area contributed by atoms with Gasteiger partial charge in [-0.05, 0) is 32.9 Å². The Morgan fingerprint density at radius 3 is 2.33 bits per heavy atom. The fourth-order valence-corrected chi connectivity index (χ4v) is 1.92.